The van der Waals surface area contributed by atoms with E-state index in [4.69, 9.17) is 11.6 Å². The van der Waals surface area contributed by atoms with Gasteiger partial charge in [-0.15, -0.1) is 0 Å². The first-order chi connectivity index (χ1) is 6.27. The van der Waals surface area contributed by atoms with Crippen molar-refractivity contribution in [2.45, 2.75) is 19.8 Å². The van der Waals surface area contributed by atoms with Crippen LogP contribution in [0.1, 0.15) is 18.9 Å². The molecule has 1 unspecified atom stereocenters. The van der Waals surface area contributed by atoms with Crippen LogP contribution in [0.15, 0.2) is 18.2 Å². The van der Waals surface area contributed by atoms with Crippen molar-refractivity contribution in [1.82, 2.24) is 0 Å². The van der Waals surface area contributed by atoms with Gasteiger partial charge in [0.15, 0.2) is 0 Å². The molecule has 0 saturated heterocycles. The lowest BCUT2D eigenvalue weighted by Crippen LogP contribution is -2.02. The van der Waals surface area contributed by atoms with E-state index in [1.165, 1.54) is 12.0 Å². The molecule has 0 radical (unpaired) electrons. The second kappa shape index (κ2) is 3.59. The highest BCUT2D eigenvalue weighted by atomic mass is 35.5. The number of anilines is 1. The molecule has 1 nitrogen and oxygen atoms in total. The SMILES string of the molecule is CC1CCNc2c(Cl)cccc2C1. The van der Waals surface area contributed by atoms with Crippen molar-refractivity contribution in [3.63, 3.8) is 0 Å². The lowest BCUT2D eigenvalue weighted by molar-refractivity contribution is 0.558. The van der Waals surface area contributed by atoms with Gasteiger partial charge in [0.1, 0.15) is 0 Å². The molecule has 1 aromatic rings. The summed E-state index contributed by atoms with van der Waals surface area (Å²) in [7, 11) is 0. The number of fused-ring (bicyclic) bond motifs is 1. The third kappa shape index (κ3) is 1.80. The van der Waals surface area contributed by atoms with Gasteiger partial charge in [-0.1, -0.05) is 30.7 Å². The molecule has 0 amide bonds. The number of rotatable bonds is 0. The summed E-state index contributed by atoms with van der Waals surface area (Å²) >= 11 is 6.10. The average molecular weight is 196 g/mol. The summed E-state index contributed by atoms with van der Waals surface area (Å²) in [4.78, 5) is 0. The van der Waals surface area contributed by atoms with Crippen LogP contribution in [0, 0.1) is 5.92 Å². The second-order valence-corrected chi connectivity index (χ2v) is 4.21. The van der Waals surface area contributed by atoms with Crippen LogP contribution in [0.25, 0.3) is 0 Å². The van der Waals surface area contributed by atoms with Crippen LogP contribution in [0.4, 0.5) is 5.69 Å². The minimum absolute atomic E-state index is 0.757. The van der Waals surface area contributed by atoms with E-state index in [1.54, 1.807) is 0 Å². The number of hydrogen-bond donors (Lipinski definition) is 1. The van der Waals surface area contributed by atoms with E-state index < -0.39 is 0 Å². The van der Waals surface area contributed by atoms with Gasteiger partial charge in [-0.2, -0.15) is 0 Å². The largest absolute Gasteiger partial charge is 0.384 e. The fourth-order valence-corrected chi connectivity index (χ4v) is 2.12. The molecule has 2 heteroatoms. The Bertz CT molecular complexity index is 309. The Morgan fingerprint density at radius 1 is 1.46 bits per heavy atom. The molecule has 1 aromatic carbocycles. The minimum atomic E-state index is 0.757. The second-order valence-electron chi connectivity index (χ2n) is 3.80. The van der Waals surface area contributed by atoms with Crippen molar-refractivity contribution >= 4 is 17.3 Å². The summed E-state index contributed by atoms with van der Waals surface area (Å²) < 4.78 is 0. The Balaban J connectivity index is 2.39. The Labute approximate surface area is 84.1 Å². The predicted molar refractivity (Wildman–Crippen MR) is 57.4 cm³/mol. The molecule has 0 bridgehead atoms. The van der Waals surface area contributed by atoms with Crippen LogP contribution in [0.3, 0.4) is 0 Å². The molecule has 0 spiro atoms. The summed E-state index contributed by atoms with van der Waals surface area (Å²) in [6, 6.07) is 6.14. The summed E-state index contributed by atoms with van der Waals surface area (Å²) in [5, 5.41) is 4.25. The van der Waals surface area contributed by atoms with Crippen LogP contribution < -0.4 is 5.32 Å². The smallest absolute Gasteiger partial charge is 0.0640 e. The molecular formula is C11H14ClN. The number of para-hydroxylation sites is 1. The first-order valence-electron chi connectivity index (χ1n) is 4.78. The highest BCUT2D eigenvalue weighted by molar-refractivity contribution is 6.33. The molecule has 0 fully saturated rings. The zero-order chi connectivity index (χ0) is 9.26. The summed E-state index contributed by atoms with van der Waals surface area (Å²) in [6.45, 7) is 3.33. The van der Waals surface area contributed by atoms with Gasteiger partial charge in [0, 0.05) is 6.54 Å². The Morgan fingerprint density at radius 2 is 2.31 bits per heavy atom. The van der Waals surface area contributed by atoms with E-state index in [2.05, 4.69) is 18.3 Å². The molecule has 1 N–H and O–H groups in total. The standard InChI is InChI=1S/C11H14ClN/c1-8-5-6-13-11-9(7-8)3-2-4-10(11)12/h2-4,8,13H,5-7H2,1H3. The molecule has 1 atom stereocenters. The molecule has 0 saturated carbocycles. The Morgan fingerprint density at radius 3 is 3.15 bits per heavy atom. The van der Waals surface area contributed by atoms with Crippen molar-refractivity contribution in [2.24, 2.45) is 5.92 Å². The van der Waals surface area contributed by atoms with Crippen molar-refractivity contribution in [3.05, 3.63) is 28.8 Å². The van der Waals surface area contributed by atoms with Crippen LogP contribution in [0.2, 0.25) is 5.02 Å². The molecular weight excluding hydrogens is 182 g/mol. The summed E-state index contributed by atoms with van der Waals surface area (Å²) in [5.74, 6) is 0.757. The van der Waals surface area contributed by atoms with Gasteiger partial charge in [0.05, 0.1) is 10.7 Å². The topological polar surface area (TPSA) is 12.0 Å². The van der Waals surface area contributed by atoms with E-state index in [0.717, 1.165) is 29.6 Å². The Hall–Kier alpha value is -0.690. The van der Waals surface area contributed by atoms with E-state index in [-0.39, 0.29) is 0 Å². The van der Waals surface area contributed by atoms with E-state index in [9.17, 15) is 0 Å². The maximum atomic E-state index is 6.10. The third-order valence-electron chi connectivity index (χ3n) is 2.61. The molecule has 1 aliphatic rings. The van der Waals surface area contributed by atoms with Crippen molar-refractivity contribution in [1.29, 1.82) is 0 Å². The molecule has 0 aromatic heterocycles. The predicted octanol–water partition coefficient (Wildman–Crippen LogP) is 3.33. The van der Waals surface area contributed by atoms with E-state index in [1.807, 2.05) is 12.1 Å². The fourth-order valence-electron chi connectivity index (χ4n) is 1.86. The molecule has 0 aliphatic carbocycles. The van der Waals surface area contributed by atoms with Crippen molar-refractivity contribution in [2.75, 3.05) is 11.9 Å². The third-order valence-corrected chi connectivity index (χ3v) is 2.92. The Kier molecular flexibility index (Phi) is 2.45. The van der Waals surface area contributed by atoms with E-state index >= 15 is 0 Å². The first-order valence-corrected chi connectivity index (χ1v) is 5.16. The van der Waals surface area contributed by atoms with Gasteiger partial charge < -0.3 is 5.32 Å². The van der Waals surface area contributed by atoms with Gasteiger partial charge in [0.2, 0.25) is 0 Å². The van der Waals surface area contributed by atoms with Gasteiger partial charge in [-0.05, 0) is 30.4 Å². The maximum absolute atomic E-state index is 6.10. The molecule has 2 rings (SSSR count). The minimum Gasteiger partial charge on any atom is -0.384 e. The number of nitrogens with one attached hydrogen (secondary N) is 1. The zero-order valence-electron chi connectivity index (χ0n) is 7.81. The molecule has 70 valence electrons. The highest BCUT2D eigenvalue weighted by Gasteiger charge is 2.14. The van der Waals surface area contributed by atoms with Crippen LogP contribution in [-0.2, 0) is 6.42 Å². The van der Waals surface area contributed by atoms with Crippen LogP contribution >= 0.6 is 11.6 Å². The van der Waals surface area contributed by atoms with Gasteiger partial charge >= 0.3 is 0 Å². The number of halogens is 1. The zero-order valence-corrected chi connectivity index (χ0v) is 8.56. The number of benzene rings is 1. The highest BCUT2D eigenvalue weighted by Crippen LogP contribution is 2.30. The van der Waals surface area contributed by atoms with Crippen molar-refractivity contribution in [3.8, 4) is 0 Å². The van der Waals surface area contributed by atoms with E-state index in [0.29, 0.717) is 0 Å². The van der Waals surface area contributed by atoms with Crippen LogP contribution in [-0.4, -0.2) is 6.54 Å². The maximum Gasteiger partial charge on any atom is 0.0640 e. The molecule has 1 aliphatic heterocycles. The molecule has 1 heterocycles. The van der Waals surface area contributed by atoms with Crippen LogP contribution in [0.5, 0.6) is 0 Å². The molecule has 13 heavy (non-hydrogen) atoms. The number of hydrogen-bond acceptors (Lipinski definition) is 1. The van der Waals surface area contributed by atoms with Crippen molar-refractivity contribution < 1.29 is 0 Å². The fraction of sp³-hybridized carbons (Fsp3) is 0.455. The summed E-state index contributed by atoms with van der Waals surface area (Å²) in [6.07, 6.45) is 2.37. The normalized spacial score (nSPS) is 21.5. The quantitative estimate of drug-likeness (QED) is 0.670. The lowest BCUT2D eigenvalue weighted by Gasteiger charge is -2.09. The van der Waals surface area contributed by atoms with Gasteiger partial charge in [0.25, 0.3) is 0 Å². The average Bonchev–Trinajstić information content (AvgIpc) is 2.27. The summed E-state index contributed by atoms with van der Waals surface area (Å²) in [5.41, 5.74) is 2.51. The van der Waals surface area contributed by atoms with Gasteiger partial charge in [-0.25, -0.2) is 0 Å². The monoisotopic (exact) mass is 195 g/mol. The lowest BCUT2D eigenvalue weighted by atomic mass is 9.99. The first kappa shape index (κ1) is 8.89. The van der Waals surface area contributed by atoms with Gasteiger partial charge in [-0.3, -0.25) is 0 Å².